The number of fused-ring (bicyclic) bond motifs is 2. The van der Waals surface area contributed by atoms with Gasteiger partial charge in [-0.15, -0.1) is 0 Å². The topological polar surface area (TPSA) is 109 Å². The number of pyridine rings is 1. The Hall–Kier alpha value is -4.57. The van der Waals surface area contributed by atoms with Gasteiger partial charge in [-0.2, -0.15) is 5.10 Å². The van der Waals surface area contributed by atoms with E-state index in [-0.39, 0.29) is 11.9 Å². The van der Waals surface area contributed by atoms with Gasteiger partial charge in [0.05, 0.1) is 11.2 Å². The van der Waals surface area contributed by atoms with E-state index < -0.39 is 0 Å². The summed E-state index contributed by atoms with van der Waals surface area (Å²) in [5.41, 5.74) is 13.0. The number of benzene rings is 2. The van der Waals surface area contributed by atoms with E-state index in [4.69, 9.17) is 15.7 Å². The maximum atomic E-state index is 12.3. The van der Waals surface area contributed by atoms with Gasteiger partial charge in [0.1, 0.15) is 23.4 Å². The van der Waals surface area contributed by atoms with Crippen LogP contribution in [0.2, 0.25) is 0 Å². The summed E-state index contributed by atoms with van der Waals surface area (Å²) in [6.45, 7) is 5.42. The second-order valence-electron chi connectivity index (χ2n) is 11.6. The number of nitrogens with two attached hydrogens (primary N) is 1. The molecule has 4 heterocycles. The quantitative estimate of drug-likeness (QED) is 0.346. The molecule has 2 amide bonds. The number of amides is 2. The van der Waals surface area contributed by atoms with Crippen molar-refractivity contribution in [3.05, 3.63) is 72.3 Å². The summed E-state index contributed by atoms with van der Waals surface area (Å²) < 4.78 is 1.89. The van der Waals surface area contributed by atoms with Gasteiger partial charge in [-0.05, 0) is 31.4 Å². The zero-order valence-corrected chi connectivity index (χ0v) is 24.2. The van der Waals surface area contributed by atoms with Crippen molar-refractivity contribution in [3.8, 4) is 22.5 Å². The summed E-state index contributed by atoms with van der Waals surface area (Å²) in [7, 11) is 3.62. The van der Waals surface area contributed by atoms with Gasteiger partial charge in [-0.1, -0.05) is 48.5 Å². The first-order valence-electron chi connectivity index (χ1n) is 14.5. The Bertz CT molecular complexity index is 1780. The van der Waals surface area contributed by atoms with E-state index in [1.165, 1.54) is 6.33 Å². The Kier molecular flexibility index (Phi) is 6.50. The maximum Gasteiger partial charge on any atom is 0.319 e. The van der Waals surface area contributed by atoms with E-state index in [2.05, 4.69) is 58.3 Å². The first kappa shape index (κ1) is 26.3. The first-order chi connectivity index (χ1) is 20.4. The molecule has 2 aliphatic rings. The molecule has 10 nitrogen and oxygen atoms in total. The summed E-state index contributed by atoms with van der Waals surface area (Å²) in [5, 5.41) is 5.69. The van der Waals surface area contributed by atoms with Gasteiger partial charge in [0.2, 0.25) is 0 Å². The normalized spacial score (nSPS) is 19.3. The van der Waals surface area contributed by atoms with Crippen LogP contribution >= 0.6 is 0 Å². The zero-order valence-electron chi connectivity index (χ0n) is 24.2. The van der Waals surface area contributed by atoms with Crippen molar-refractivity contribution in [2.75, 3.05) is 46.0 Å². The second-order valence-corrected chi connectivity index (χ2v) is 11.6. The van der Waals surface area contributed by atoms with Crippen molar-refractivity contribution in [1.29, 1.82) is 0 Å². The molecule has 0 unspecified atom stereocenters. The van der Waals surface area contributed by atoms with Gasteiger partial charge in [0.25, 0.3) is 0 Å². The summed E-state index contributed by atoms with van der Waals surface area (Å²) in [4.78, 5) is 33.0. The van der Waals surface area contributed by atoms with Crippen LogP contribution < -0.4 is 5.73 Å². The summed E-state index contributed by atoms with van der Waals surface area (Å²) >= 11 is 0. The molecule has 5 aromatic rings. The van der Waals surface area contributed by atoms with Crippen LogP contribution in [0.3, 0.4) is 0 Å². The number of aromatic nitrogens is 5. The predicted molar refractivity (Wildman–Crippen MR) is 164 cm³/mol. The zero-order chi connectivity index (χ0) is 29.0. The van der Waals surface area contributed by atoms with Crippen LogP contribution in [0.5, 0.6) is 0 Å². The standard InChI is InChI=1S/C32H35N9O/c1-20-25(11-9-22-10-12-26(36-27(20)22)21-7-5-4-6-8-21)28-29-30(33)34-19-35-41(29)31(37-28)23-17-24(18-23)39-13-15-40(16-14-39)32(42)38(2)3/h4-12,19,23-24H,13-18H2,1-3H3,(H2,33,34,35). The van der Waals surface area contributed by atoms with Crippen LogP contribution in [0, 0.1) is 6.92 Å². The van der Waals surface area contributed by atoms with E-state index in [0.717, 1.165) is 89.3 Å². The SMILES string of the molecule is Cc1c(-c2nc(C3CC(N4CCN(C(=O)N(C)C)CC4)C3)n3ncnc(N)c23)ccc2ccc(-c3ccccc3)nc12. The van der Waals surface area contributed by atoms with Crippen LogP contribution in [0.15, 0.2) is 60.9 Å². The number of anilines is 1. The molecular weight excluding hydrogens is 526 g/mol. The molecule has 2 N–H and O–H groups in total. The Morgan fingerprint density at radius 1 is 0.952 bits per heavy atom. The molecule has 214 valence electrons. The van der Waals surface area contributed by atoms with Crippen LogP contribution in [0.4, 0.5) is 10.6 Å². The molecule has 1 saturated heterocycles. The third-order valence-corrected chi connectivity index (χ3v) is 8.89. The molecule has 0 radical (unpaired) electrons. The smallest absolute Gasteiger partial charge is 0.319 e. The molecule has 3 aromatic heterocycles. The minimum atomic E-state index is 0.0882. The van der Waals surface area contributed by atoms with Gasteiger partial charge in [-0.25, -0.2) is 24.3 Å². The van der Waals surface area contributed by atoms with E-state index >= 15 is 0 Å². The van der Waals surface area contributed by atoms with Crippen molar-refractivity contribution in [3.63, 3.8) is 0 Å². The van der Waals surface area contributed by atoms with Gasteiger partial charge in [0, 0.05) is 68.7 Å². The number of piperazine rings is 1. The lowest BCUT2D eigenvalue weighted by Gasteiger charge is -2.46. The fraction of sp³-hybridized carbons (Fsp3) is 0.344. The van der Waals surface area contributed by atoms with Crippen molar-refractivity contribution >= 4 is 28.3 Å². The Morgan fingerprint density at radius 2 is 1.69 bits per heavy atom. The van der Waals surface area contributed by atoms with Crippen molar-refractivity contribution < 1.29 is 4.79 Å². The Morgan fingerprint density at radius 3 is 2.43 bits per heavy atom. The fourth-order valence-corrected chi connectivity index (χ4v) is 6.44. The summed E-state index contributed by atoms with van der Waals surface area (Å²) in [6.07, 6.45) is 3.51. The molecule has 0 bridgehead atoms. The number of urea groups is 1. The maximum absolute atomic E-state index is 12.3. The molecule has 7 rings (SSSR count). The third-order valence-electron chi connectivity index (χ3n) is 8.89. The number of nitrogens with zero attached hydrogens (tertiary/aromatic N) is 8. The van der Waals surface area contributed by atoms with Crippen LogP contribution in [0.1, 0.15) is 30.1 Å². The number of hydrogen-bond acceptors (Lipinski definition) is 7. The van der Waals surface area contributed by atoms with E-state index in [9.17, 15) is 4.79 Å². The molecular formula is C32H35N9O. The monoisotopic (exact) mass is 561 g/mol. The molecule has 2 fully saturated rings. The minimum absolute atomic E-state index is 0.0882. The molecule has 10 heteroatoms. The fourth-order valence-electron chi connectivity index (χ4n) is 6.44. The van der Waals surface area contributed by atoms with Crippen molar-refractivity contribution in [2.24, 2.45) is 0 Å². The molecule has 1 aliphatic carbocycles. The average Bonchev–Trinajstić information content (AvgIpc) is 3.37. The first-order valence-corrected chi connectivity index (χ1v) is 14.5. The lowest BCUT2D eigenvalue weighted by atomic mass is 9.78. The molecule has 1 aliphatic heterocycles. The number of rotatable bonds is 4. The van der Waals surface area contributed by atoms with Gasteiger partial charge >= 0.3 is 6.03 Å². The molecule has 2 aromatic carbocycles. The number of hydrogen-bond donors (Lipinski definition) is 1. The predicted octanol–water partition coefficient (Wildman–Crippen LogP) is 4.44. The highest BCUT2D eigenvalue weighted by Gasteiger charge is 2.39. The number of carbonyl (C=O) groups is 1. The van der Waals surface area contributed by atoms with Gasteiger partial charge in [0.15, 0.2) is 5.82 Å². The number of nitrogen functional groups attached to an aromatic ring is 1. The Labute approximate surface area is 244 Å². The number of imidazole rings is 1. The van der Waals surface area contributed by atoms with Crippen LogP contribution in [0.25, 0.3) is 38.9 Å². The van der Waals surface area contributed by atoms with Crippen molar-refractivity contribution in [2.45, 2.75) is 31.7 Å². The average molecular weight is 562 g/mol. The second kappa shape index (κ2) is 10.4. The molecule has 42 heavy (non-hydrogen) atoms. The number of aryl methyl sites for hydroxylation is 1. The lowest BCUT2D eigenvalue weighted by Crippen LogP contribution is -2.56. The van der Waals surface area contributed by atoms with Crippen LogP contribution in [-0.4, -0.2) is 91.6 Å². The summed E-state index contributed by atoms with van der Waals surface area (Å²) in [5.74, 6) is 1.62. The molecule has 0 atom stereocenters. The highest BCUT2D eigenvalue weighted by Crippen LogP contribution is 2.42. The molecule has 0 spiro atoms. The Balaban J connectivity index is 1.18. The van der Waals surface area contributed by atoms with Crippen LogP contribution in [-0.2, 0) is 0 Å². The van der Waals surface area contributed by atoms with Gasteiger partial charge in [-0.3, -0.25) is 4.90 Å². The van der Waals surface area contributed by atoms with E-state index in [0.29, 0.717) is 11.9 Å². The lowest BCUT2D eigenvalue weighted by molar-refractivity contribution is 0.0554. The van der Waals surface area contributed by atoms with E-state index in [1.807, 2.05) is 41.7 Å². The summed E-state index contributed by atoms with van der Waals surface area (Å²) in [6, 6.07) is 19.2. The molecule has 1 saturated carbocycles. The van der Waals surface area contributed by atoms with Gasteiger partial charge < -0.3 is 15.5 Å². The largest absolute Gasteiger partial charge is 0.382 e. The number of carbonyl (C=O) groups excluding carboxylic acids is 1. The highest BCUT2D eigenvalue weighted by molar-refractivity contribution is 5.94. The van der Waals surface area contributed by atoms with Crippen molar-refractivity contribution in [1.82, 2.24) is 39.3 Å². The van der Waals surface area contributed by atoms with E-state index in [1.54, 1.807) is 4.90 Å². The third kappa shape index (κ3) is 4.42. The highest BCUT2D eigenvalue weighted by atomic mass is 16.2. The minimum Gasteiger partial charge on any atom is -0.382 e.